The molecule has 1 rings (SSSR count). The van der Waals surface area contributed by atoms with Crippen LogP contribution in [0.5, 0.6) is 0 Å². The third-order valence-electron chi connectivity index (χ3n) is 2.21. The van der Waals surface area contributed by atoms with Crippen LogP contribution in [0.4, 0.5) is 0 Å². The average molecular weight is 269 g/mol. The number of carbonyl (C=O) groups is 2. The molecule has 0 atom stereocenters. The topological polar surface area (TPSA) is 70.2 Å². The van der Waals surface area contributed by atoms with E-state index in [1.165, 1.54) is 11.3 Å². The highest BCUT2D eigenvalue weighted by Crippen LogP contribution is 2.07. The molecule has 100 valence electrons. The predicted octanol–water partition coefficient (Wildman–Crippen LogP) is 0.594. The minimum atomic E-state index is -0.204. The summed E-state index contributed by atoms with van der Waals surface area (Å²) in [6.45, 7) is 4.38. The Hall–Kier alpha value is -1.40. The van der Waals surface area contributed by atoms with Crippen molar-refractivity contribution >= 4 is 23.2 Å². The fourth-order valence-corrected chi connectivity index (χ4v) is 1.95. The molecule has 0 saturated carbocycles. The van der Waals surface area contributed by atoms with E-state index in [9.17, 15) is 9.59 Å². The van der Waals surface area contributed by atoms with E-state index >= 15 is 0 Å². The van der Waals surface area contributed by atoms with Crippen LogP contribution in [0, 0.1) is 0 Å². The van der Waals surface area contributed by atoms with Gasteiger partial charge in [-0.3, -0.25) is 9.59 Å². The highest BCUT2D eigenvalue weighted by Gasteiger charge is 2.07. The smallest absolute Gasteiger partial charge is 0.261 e. The molecular formula is C12H19N3O2S. The second-order valence-electron chi connectivity index (χ2n) is 3.76. The Morgan fingerprint density at radius 1 is 1.22 bits per heavy atom. The SMILES string of the molecule is CCCNCCNC(=O)CNC(=O)c1cccs1. The van der Waals surface area contributed by atoms with Gasteiger partial charge in [0.25, 0.3) is 5.91 Å². The first-order valence-corrected chi connectivity index (χ1v) is 6.91. The molecule has 18 heavy (non-hydrogen) atoms. The fraction of sp³-hybridized carbons (Fsp3) is 0.500. The summed E-state index contributed by atoms with van der Waals surface area (Å²) in [6, 6.07) is 3.53. The van der Waals surface area contributed by atoms with Crippen molar-refractivity contribution in [3.05, 3.63) is 22.4 Å². The normalized spacial score (nSPS) is 10.1. The molecular weight excluding hydrogens is 250 g/mol. The van der Waals surface area contributed by atoms with Crippen molar-refractivity contribution in [2.75, 3.05) is 26.2 Å². The molecule has 1 aromatic heterocycles. The van der Waals surface area contributed by atoms with Gasteiger partial charge in [-0.15, -0.1) is 11.3 Å². The first kappa shape index (κ1) is 14.7. The van der Waals surface area contributed by atoms with Crippen LogP contribution < -0.4 is 16.0 Å². The zero-order valence-corrected chi connectivity index (χ0v) is 11.3. The standard InChI is InChI=1S/C12H19N3O2S/c1-2-5-13-6-7-14-11(16)9-15-12(17)10-4-3-8-18-10/h3-4,8,13H,2,5-7,9H2,1H3,(H,14,16)(H,15,17). The molecule has 0 aliphatic rings. The molecule has 6 heteroatoms. The van der Waals surface area contributed by atoms with Gasteiger partial charge in [-0.05, 0) is 24.4 Å². The van der Waals surface area contributed by atoms with Gasteiger partial charge >= 0.3 is 0 Å². The van der Waals surface area contributed by atoms with E-state index in [1.807, 2.05) is 5.38 Å². The summed E-state index contributed by atoms with van der Waals surface area (Å²) in [7, 11) is 0. The van der Waals surface area contributed by atoms with E-state index in [0.717, 1.165) is 19.5 Å². The number of rotatable bonds is 8. The third-order valence-corrected chi connectivity index (χ3v) is 3.07. The Balaban J connectivity index is 2.08. The van der Waals surface area contributed by atoms with Gasteiger partial charge in [0.1, 0.15) is 0 Å². The molecule has 0 bridgehead atoms. The molecule has 0 spiro atoms. The van der Waals surface area contributed by atoms with Gasteiger partial charge in [0.15, 0.2) is 0 Å². The summed E-state index contributed by atoms with van der Waals surface area (Å²) in [6.07, 6.45) is 1.07. The van der Waals surface area contributed by atoms with Crippen LogP contribution in [-0.4, -0.2) is 38.0 Å². The third kappa shape index (κ3) is 5.79. The van der Waals surface area contributed by atoms with Crippen molar-refractivity contribution in [2.45, 2.75) is 13.3 Å². The monoisotopic (exact) mass is 269 g/mol. The molecule has 0 saturated heterocycles. The summed E-state index contributed by atoms with van der Waals surface area (Å²) < 4.78 is 0. The second-order valence-corrected chi connectivity index (χ2v) is 4.71. The van der Waals surface area contributed by atoms with Gasteiger partial charge in [-0.2, -0.15) is 0 Å². The van der Waals surface area contributed by atoms with Crippen molar-refractivity contribution in [3.8, 4) is 0 Å². The predicted molar refractivity (Wildman–Crippen MR) is 72.8 cm³/mol. The minimum absolute atomic E-state index is 0.0184. The van der Waals surface area contributed by atoms with Gasteiger partial charge in [-0.25, -0.2) is 0 Å². The van der Waals surface area contributed by atoms with Crippen molar-refractivity contribution in [2.24, 2.45) is 0 Å². The minimum Gasteiger partial charge on any atom is -0.353 e. The maximum Gasteiger partial charge on any atom is 0.261 e. The lowest BCUT2D eigenvalue weighted by molar-refractivity contribution is -0.120. The number of hydrogen-bond acceptors (Lipinski definition) is 4. The summed E-state index contributed by atoms with van der Waals surface area (Å²) in [4.78, 5) is 23.5. The van der Waals surface area contributed by atoms with Crippen LogP contribution in [0.2, 0.25) is 0 Å². The molecule has 0 radical (unpaired) electrons. The van der Waals surface area contributed by atoms with Crippen LogP contribution >= 0.6 is 11.3 Å². The zero-order chi connectivity index (χ0) is 13.2. The summed E-state index contributed by atoms with van der Waals surface area (Å²) in [5, 5.41) is 10.3. The van der Waals surface area contributed by atoms with Crippen LogP contribution in [0.1, 0.15) is 23.0 Å². The van der Waals surface area contributed by atoms with E-state index in [0.29, 0.717) is 11.4 Å². The Bertz CT molecular complexity index is 365. The zero-order valence-electron chi connectivity index (χ0n) is 10.5. The lowest BCUT2D eigenvalue weighted by Gasteiger charge is -2.06. The van der Waals surface area contributed by atoms with Gasteiger partial charge < -0.3 is 16.0 Å². The number of hydrogen-bond donors (Lipinski definition) is 3. The van der Waals surface area contributed by atoms with Gasteiger partial charge in [-0.1, -0.05) is 13.0 Å². The maximum atomic E-state index is 11.5. The molecule has 1 aromatic rings. The highest BCUT2D eigenvalue weighted by molar-refractivity contribution is 7.12. The van der Waals surface area contributed by atoms with Crippen molar-refractivity contribution < 1.29 is 9.59 Å². The van der Waals surface area contributed by atoms with Crippen molar-refractivity contribution in [3.63, 3.8) is 0 Å². The van der Waals surface area contributed by atoms with E-state index < -0.39 is 0 Å². The Kier molecular flexibility index (Phi) is 7.05. The van der Waals surface area contributed by atoms with E-state index in [1.54, 1.807) is 12.1 Å². The summed E-state index contributed by atoms with van der Waals surface area (Å²) in [5.41, 5.74) is 0. The Morgan fingerprint density at radius 2 is 2.06 bits per heavy atom. The average Bonchev–Trinajstić information content (AvgIpc) is 2.89. The quantitative estimate of drug-likeness (QED) is 0.605. The lowest BCUT2D eigenvalue weighted by Crippen LogP contribution is -2.39. The molecule has 0 fully saturated rings. The van der Waals surface area contributed by atoms with Crippen LogP contribution in [0.3, 0.4) is 0 Å². The molecule has 0 unspecified atom stereocenters. The lowest BCUT2D eigenvalue weighted by atomic mass is 10.4. The maximum absolute atomic E-state index is 11.5. The number of carbonyl (C=O) groups excluding carboxylic acids is 2. The molecule has 1 heterocycles. The van der Waals surface area contributed by atoms with E-state index in [4.69, 9.17) is 0 Å². The summed E-state index contributed by atoms with van der Waals surface area (Å²) >= 11 is 1.36. The molecule has 5 nitrogen and oxygen atoms in total. The first-order valence-electron chi connectivity index (χ1n) is 6.03. The van der Waals surface area contributed by atoms with Crippen LogP contribution in [0.25, 0.3) is 0 Å². The molecule has 0 aliphatic carbocycles. The first-order chi connectivity index (χ1) is 8.74. The number of amides is 2. The highest BCUT2D eigenvalue weighted by atomic mass is 32.1. The van der Waals surface area contributed by atoms with Crippen LogP contribution in [0.15, 0.2) is 17.5 Å². The largest absolute Gasteiger partial charge is 0.353 e. The molecule has 2 amide bonds. The Morgan fingerprint density at radius 3 is 2.72 bits per heavy atom. The van der Waals surface area contributed by atoms with E-state index in [2.05, 4.69) is 22.9 Å². The second kappa shape index (κ2) is 8.66. The van der Waals surface area contributed by atoms with Gasteiger partial charge in [0, 0.05) is 13.1 Å². The van der Waals surface area contributed by atoms with E-state index in [-0.39, 0.29) is 18.4 Å². The number of nitrogens with one attached hydrogen (secondary N) is 3. The molecule has 0 aliphatic heterocycles. The van der Waals surface area contributed by atoms with Crippen molar-refractivity contribution in [1.82, 2.24) is 16.0 Å². The fourth-order valence-electron chi connectivity index (χ4n) is 1.31. The number of thiophene rings is 1. The van der Waals surface area contributed by atoms with Crippen LogP contribution in [-0.2, 0) is 4.79 Å². The van der Waals surface area contributed by atoms with Gasteiger partial charge in [0.2, 0.25) is 5.91 Å². The molecule has 0 aromatic carbocycles. The summed E-state index contributed by atoms with van der Waals surface area (Å²) in [5.74, 6) is -0.373. The van der Waals surface area contributed by atoms with Gasteiger partial charge in [0.05, 0.1) is 11.4 Å². The molecule has 3 N–H and O–H groups in total. The van der Waals surface area contributed by atoms with Crippen molar-refractivity contribution in [1.29, 1.82) is 0 Å². The Labute approximate surface area is 111 Å².